The largest absolute Gasteiger partial charge is 0.497 e. The molecule has 0 N–H and O–H groups in total. The summed E-state index contributed by atoms with van der Waals surface area (Å²) in [6.07, 6.45) is 0.339. The molecule has 0 radical (unpaired) electrons. The number of hydroxylamine groups is 2. The summed E-state index contributed by atoms with van der Waals surface area (Å²) in [4.78, 5) is 31.0. The Morgan fingerprint density at radius 1 is 1.40 bits per heavy atom. The van der Waals surface area contributed by atoms with E-state index in [9.17, 15) is 9.59 Å². The molecule has 0 unspecified atom stereocenters. The third kappa shape index (κ3) is 2.02. The van der Waals surface area contributed by atoms with Gasteiger partial charge in [-0.25, -0.2) is 5.06 Å². The molecule has 3 rings (SSSR count). The Hall–Kier alpha value is -2.08. The lowest BCUT2D eigenvalue weighted by atomic mass is 9.90. The van der Waals surface area contributed by atoms with Crippen LogP contribution in [-0.4, -0.2) is 54.6 Å². The van der Waals surface area contributed by atoms with Gasteiger partial charge in [0.1, 0.15) is 11.4 Å². The summed E-state index contributed by atoms with van der Waals surface area (Å²) in [5.74, 6) is 0.539. The minimum absolute atomic E-state index is 0.0431. The Balaban J connectivity index is 1.68. The summed E-state index contributed by atoms with van der Waals surface area (Å²) in [7, 11) is 3.17. The van der Waals surface area contributed by atoms with Crippen molar-refractivity contribution in [1.82, 2.24) is 9.96 Å². The van der Waals surface area contributed by atoms with E-state index >= 15 is 0 Å². The number of hydrogen-bond donors (Lipinski definition) is 0. The summed E-state index contributed by atoms with van der Waals surface area (Å²) in [5.41, 5.74) is 0.0669. The zero-order valence-corrected chi connectivity index (χ0v) is 11.5. The van der Waals surface area contributed by atoms with Crippen LogP contribution in [0.4, 0.5) is 0 Å². The summed E-state index contributed by atoms with van der Waals surface area (Å²) < 4.78 is 5.11. The van der Waals surface area contributed by atoms with Crippen LogP contribution in [0.25, 0.3) is 0 Å². The molecule has 106 valence electrons. The lowest BCUT2D eigenvalue weighted by Crippen LogP contribution is -2.63. The van der Waals surface area contributed by atoms with Gasteiger partial charge in [-0.1, -0.05) is 6.07 Å². The van der Waals surface area contributed by atoms with Gasteiger partial charge in [0.05, 0.1) is 26.6 Å². The van der Waals surface area contributed by atoms with Gasteiger partial charge in [-0.05, 0) is 18.2 Å². The Morgan fingerprint density at radius 3 is 2.75 bits per heavy atom. The predicted octanol–water partition coefficient (Wildman–Crippen LogP) is 0.683. The molecular weight excluding hydrogens is 260 g/mol. The molecule has 20 heavy (non-hydrogen) atoms. The highest BCUT2D eigenvalue weighted by molar-refractivity contribution is 5.95. The van der Waals surface area contributed by atoms with Crippen LogP contribution in [0.3, 0.4) is 0 Å². The van der Waals surface area contributed by atoms with E-state index in [4.69, 9.17) is 9.57 Å². The lowest BCUT2D eigenvalue weighted by Gasteiger charge is -2.45. The topological polar surface area (TPSA) is 59.1 Å². The summed E-state index contributed by atoms with van der Waals surface area (Å²) in [5, 5.41) is 1.26. The third-order valence-corrected chi connectivity index (χ3v) is 3.72. The number of carbonyl (C=O) groups is 2. The average Bonchev–Trinajstić information content (AvgIpc) is 2.72. The highest BCUT2D eigenvalue weighted by Crippen LogP contribution is 2.35. The van der Waals surface area contributed by atoms with Gasteiger partial charge in [-0.3, -0.25) is 14.4 Å². The maximum atomic E-state index is 12.3. The molecule has 0 bridgehead atoms. The number of rotatable bonds is 2. The highest BCUT2D eigenvalue weighted by atomic mass is 16.7. The zero-order chi connectivity index (χ0) is 14.3. The van der Waals surface area contributed by atoms with E-state index in [1.165, 1.54) is 5.06 Å². The zero-order valence-electron chi connectivity index (χ0n) is 11.5. The first kappa shape index (κ1) is 12.9. The van der Waals surface area contributed by atoms with Crippen molar-refractivity contribution in [2.75, 3.05) is 27.2 Å². The van der Waals surface area contributed by atoms with Crippen molar-refractivity contribution < 1.29 is 19.2 Å². The molecule has 1 aromatic carbocycles. The first-order chi connectivity index (χ1) is 9.53. The second-order valence-electron chi connectivity index (χ2n) is 5.24. The number of likely N-dealkylation sites (tertiary alicyclic amines) is 1. The van der Waals surface area contributed by atoms with Gasteiger partial charge in [0.15, 0.2) is 0 Å². The van der Waals surface area contributed by atoms with E-state index in [0.29, 0.717) is 30.8 Å². The van der Waals surface area contributed by atoms with Crippen LogP contribution in [-0.2, 0) is 9.63 Å². The van der Waals surface area contributed by atoms with E-state index in [2.05, 4.69) is 0 Å². The van der Waals surface area contributed by atoms with Crippen LogP contribution in [0, 0.1) is 0 Å². The Bertz CT molecular complexity index is 566. The van der Waals surface area contributed by atoms with Crippen LogP contribution >= 0.6 is 0 Å². The molecule has 0 saturated carbocycles. The first-order valence-corrected chi connectivity index (χ1v) is 6.42. The van der Waals surface area contributed by atoms with Gasteiger partial charge < -0.3 is 9.64 Å². The molecule has 2 fully saturated rings. The smallest absolute Gasteiger partial charge is 0.254 e. The normalized spacial score (nSPS) is 20.2. The van der Waals surface area contributed by atoms with Crippen LogP contribution in [0.15, 0.2) is 24.3 Å². The Morgan fingerprint density at radius 2 is 2.15 bits per heavy atom. The molecule has 2 aliphatic rings. The number of benzene rings is 1. The summed E-state index contributed by atoms with van der Waals surface area (Å²) in [6.45, 7) is 0.887. The number of carbonyl (C=O) groups excluding carboxylic acids is 2. The second kappa shape index (κ2) is 4.49. The van der Waals surface area contributed by atoms with Gasteiger partial charge in [0, 0.05) is 12.6 Å². The third-order valence-electron chi connectivity index (χ3n) is 3.72. The SMILES string of the molecule is COc1cccc(C(=O)N2CC3(CC(=O)N(C)O3)C2)c1. The molecule has 2 saturated heterocycles. The van der Waals surface area contributed by atoms with Crippen molar-refractivity contribution >= 4 is 11.8 Å². The minimum Gasteiger partial charge on any atom is -0.497 e. The number of hydrogen-bond acceptors (Lipinski definition) is 4. The van der Waals surface area contributed by atoms with Crippen LogP contribution in [0.1, 0.15) is 16.8 Å². The van der Waals surface area contributed by atoms with Crippen LogP contribution in [0.5, 0.6) is 5.75 Å². The molecule has 0 atom stereocenters. The molecule has 0 aromatic heterocycles. The molecule has 6 heteroatoms. The Labute approximate surface area is 116 Å². The molecule has 6 nitrogen and oxygen atoms in total. The summed E-state index contributed by atoms with van der Waals surface area (Å²) in [6, 6.07) is 7.04. The second-order valence-corrected chi connectivity index (χ2v) is 5.24. The number of methoxy groups -OCH3 is 1. The van der Waals surface area contributed by atoms with Gasteiger partial charge in [-0.15, -0.1) is 0 Å². The number of ether oxygens (including phenoxy) is 1. The van der Waals surface area contributed by atoms with E-state index in [1.807, 2.05) is 0 Å². The van der Waals surface area contributed by atoms with Gasteiger partial charge in [0.2, 0.25) is 5.91 Å². The Kier molecular flexibility index (Phi) is 2.90. The van der Waals surface area contributed by atoms with Crippen LogP contribution in [0.2, 0.25) is 0 Å². The molecule has 1 aromatic rings. The molecule has 0 aliphatic carbocycles. The molecular formula is C14H16N2O4. The quantitative estimate of drug-likeness (QED) is 0.797. The van der Waals surface area contributed by atoms with E-state index < -0.39 is 5.60 Å². The predicted molar refractivity (Wildman–Crippen MR) is 70.1 cm³/mol. The van der Waals surface area contributed by atoms with Crippen molar-refractivity contribution in [3.63, 3.8) is 0 Å². The molecule has 2 heterocycles. The molecule has 2 aliphatic heterocycles. The first-order valence-electron chi connectivity index (χ1n) is 6.42. The highest BCUT2D eigenvalue weighted by Gasteiger charge is 2.54. The van der Waals surface area contributed by atoms with E-state index in [-0.39, 0.29) is 11.8 Å². The fourth-order valence-corrected chi connectivity index (χ4v) is 2.66. The van der Waals surface area contributed by atoms with Gasteiger partial charge in [0.25, 0.3) is 5.91 Å². The monoisotopic (exact) mass is 276 g/mol. The van der Waals surface area contributed by atoms with Gasteiger partial charge >= 0.3 is 0 Å². The van der Waals surface area contributed by atoms with Gasteiger partial charge in [-0.2, -0.15) is 0 Å². The fourth-order valence-electron chi connectivity index (χ4n) is 2.66. The van der Waals surface area contributed by atoms with Crippen molar-refractivity contribution in [3.8, 4) is 5.75 Å². The molecule has 1 spiro atoms. The standard InChI is InChI=1S/C14H16N2O4/c1-15-12(17)7-14(20-15)8-16(9-14)13(18)10-4-3-5-11(6-10)19-2/h3-6H,7-9H2,1-2H3. The lowest BCUT2D eigenvalue weighted by molar-refractivity contribution is -0.218. The van der Waals surface area contributed by atoms with E-state index in [1.54, 1.807) is 43.3 Å². The van der Waals surface area contributed by atoms with Crippen molar-refractivity contribution in [2.24, 2.45) is 0 Å². The van der Waals surface area contributed by atoms with Crippen LogP contribution < -0.4 is 4.74 Å². The van der Waals surface area contributed by atoms with Crippen molar-refractivity contribution in [2.45, 2.75) is 12.0 Å². The van der Waals surface area contributed by atoms with Crippen molar-refractivity contribution in [1.29, 1.82) is 0 Å². The average molecular weight is 276 g/mol. The maximum Gasteiger partial charge on any atom is 0.254 e. The minimum atomic E-state index is -0.514. The fraction of sp³-hybridized carbons (Fsp3) is 0.429. The van der Waals surface area contributed by atoms with Crippen molar-refractivity contribution in [3.05, 3.63) is 29.8 Å². The number of amides is 2. The summed E-state index contributed by atoms with van der Waals surface area (Å²) >= 11 is 0. The molecule has 2 amide bonds. The maximum absolute atomic E-state index is 12.3. The van der Waals surface area contributed by atoms with E-state index in [0.717, 1.165) is 0 Å². The number of nitrogens with zero attached hydrogens (tertiary/aromatic N) is 2.